The highest BCUT2D eigenvalue weighted by atomic mass is 79.9. The normalized spacial score (nSPS) is 13.0. The molecule has 1 aliphatic rings. The second-order valence-electron chi connectivity index (χ2n) is 12.6. The average molecular weight is 717 g/mol. The standard InChI is InChI=1S/C21H19BrO.C21H17Br/c1-21(2,23)20-14-16(22)12-13-19(20)18-11-7-6-10-17(18)15-8-4-3-5-9-15;1-21(2)18-10-6-9-16(14-7-4-3-5-8-14)20(18)17-12-11-15(22)13-19(17)21/h3-14,23H,1-2H3;3-13H,1-2H3. The van der Waals surface area contributed by atoms with Crippen molar-refractivity contribution in [1.82, 2.24) is 0 Å². The molecule has 0 unspecified atom stereocenters. The van der Waals surface area contributed by atoms with Crippen LogP contribution < -0.4 is 0 Å². The topological polar surface area (TPSA) is 20.2 Å². The summed E-state index contributed by atoms with van der Waals surface area (Å²) < 4.78 is 2.11. The van der Waals surface area contributed by atoms with Crippen molar-refractivity contribution in [3.63, 3.8) is 0 Å². The first-order valence-corrected chi connectivity index (χ1v) is 16.8. The summed E-state index contributed by atoms with van der Waals surface area (Å²) in [6, 6.07) is 48.8. The highest BCUT2D eigenvalue weighted by Crippen LogP contribution is 2.52. The van der Waals surface area contributed by atoms with E-state index in [1.807, 2.05) is 50.2 Å². The predicted octanol–water partition coefficient (Wildman–Crippen LogP) is 12.4. The van der Waals surface area contributed by atoms with E-state index in [0.717, 1.165) is 25.6 Å². The van der Waals surface area contributed by atoms with Gasteiger partial charge in [0.2, 0.25) is 0 Å². The van der Waals surface area contributed by atoms with Crippen molar-refractivity contribution < 1.29 is 5.11 Å². The van der Waals surface area contributed by atoms with Crippen molar-refractivity contribution in [2.75, 3.05) is 0 Å². The summed E-state index contributed by atoms with van der Waals surface area (Å²) >= 11 is 7.14. The third-order valence-electron chi connectivity index (χ3n) is 8.69. The van der Waals surface area contributed by atoms with Gasteiger partial charge in [0.15, 0.2) is 0 Å². The molecule has 1 N–H and O–H groups in total. The Morgan fingerprint density at radius 3 is 1.62 bits per heavy atom. The maximum atomic E-state index is 10.6. The molecular weight excluding hydrogens is 680 g/mol. The van der Waals surface area contributed by atoms with Crippen molar-refractivity contribution in [3.05, 3.63) is 165 Å². The van der Waals surface area contributed by atoms with Crippen LogP contribution in [0.1, 0.15) is 44.4 Å². The fourth-order valence-electron chi connectivity index (χ4n) is 6.46. The molecule has 1 nitrogen and oxygen atoms in total. The summed E-state index contributed by atoms with van der Waals surface area (Å²) in [6.45, 7) is 8.28. The molecular formula is C42H36Br2O. The molecule has 0 fully saturated rings. The van der Waals surface area contributed by atoms with Gasteiger partial charge in [0.25, 0.3) is 0 Å². The van der Waals surface area contributed by atoms with Gasteiger partial charge >= 0.3 is 0 Å². The molecule has 1 aliphatic carbocycles. The number of hydrogen-bond donors (Lipinski definition) is 1. The first kappa shape index (κ1) is 31.2. The van der Waals surface area contributed by atoms with Gasteiger partial charge in [0.1, 0.15) is 0 Å². The predicted molar refractivity (Wildman–Crippen MR) is 197 cm³/mol. The Balaban J connectivity index is 0.000000159. The first-order chi connectivity index (χ1) is 21.6. The Kier molecular flexibility index (Phi) is 8.72. The summed E-state index contributed by atoms with van der Waals surface area (Å²) in [6.07, 6.45) is 0. The fourth-order valence-corrected chi connectivity index (χ4v) is 7.19. The molecule has 3 heteroatoms. The second kappa shape index (κ2) is 12.6. The third-order valence-corrected chi connectivity index (χ3v) is 9.68. The largest absolute Gasteiger partial charge is 0.386 e. The summed E-state index contributed by atoms with van der Waals surface area (Å²) in [5, 5.41) is 10.6. The highest BCUT2D eigenvalue weighted by Gasteiger charge is 2.36. The molecule has 6 aromatic rings. The zero-order valence-electron chi connectivity index (χ0n) is 26.0. The van der Waals surface area contributed by atoms with Crippen LogP contribution in [-0.4, -0.2) is 5.11 Å². The molecule has 0 saturated carbocycles. The Labute approximate surface area is 283 Å². The smallest absolute Gasteiger partial charge is 0.0846 e. The van der Waals surface area contributed by atoms with Crippen LogP contribution >= 0.6 is 31.9 Å². The van der Waals surface area contributed by atoms with Crippen molar-refractivity contribution in [3.8, 4) is 44.5 Å². The number of benzene rings is 6. The third kappa shape index (κ3) is 6.22. The Morgan fingerprint density at radius 1 is 0.489 bits per heavy atom. The number of aliphatic hydroxyl groups is 1. The lowest BCUT2D eigenvalue weighted by molar-refractivity contribution is 0.0791. The van der Waals surface area contributed by atoms with E-state index in [0.29, 0.717) is 0 Å². The van der Waals surface area contributed by atoms with E-state index in [-0.39, 0.29) is 5.41 Å². The van der Waals surface area contributed by atoms with Crippen molar-refractivity contribution in [1.29, 1.82) is 0 Å². The molecule has 0 bridgehead atoms. The zero-order valence-corrected chi connectivity index (χ0v) is 29.2. The minimum atomic E-state index is -0.914. The van der Waals surface area contributed by atoms with Gasteiger partial charge in [-0.1, -0.05) is 161 Å². The van der Waals surface area contributed by atoms with Gasteiger partial charge < -0.3 is 5.11 Å². The lowest BCUT2D eigenvalue weighted by Gasteiger charge is -2.23. The first-order valence-electron chi connectivity index (χ1n) is 15.2. The number of fused-ring (bicyclic) bond motifs is 3. The van der Waals surface area contributed by atoms with Crippen LogP contribution in [0.2, 0.25) is 0 Å². The molecule has 0 amide bonds. The van der Waals surface area contributed by atoms with Gasteiger partial charge in [-0.2, -0.15) is 0 Å². The van der Waals surface area contributed by atoms with Gasteiger partial charge in [-0.15, -0.1) is 0 Å². The Morgan fingerprint density at radius 2 is 1.00 bits per heavy atom. The summed E-state index contributed by atoms with van der Waals surface area (Å²) in [7, 11) is 0. The van der Waals surface area contributed by atoms with E-state index < -0.39 is 5.60 Å². The fraction of sp³-hybridized carbons (Fsp3) is 0.143. The molecule has 7 rings (SSSR count). The summed E-state index contributed by atoms with van der Waals surface area (Å²) in [5.74, 6) is 0. The van der Waals surface area contributed by atoms with Crippen molar-refractivity contribution >= 4 is 31.9 Å². The van der Waals surface area contributed by atoms with Crippen LogP contribution in [0.4, 0.5) is 0 Å². The van der Waals surface area contributed by atoms with Crippen molar-refractivity contribution in [2.45, 2.75) is 38.7 Å². The minimum absolute atomic E-state index is 0.0409. The van der Waals surface area contributed by atoms with Gasteiger partial charge in [-0.3, -0.25) is 0 Å². The number of rotatable bonds is 4. The molecule has 0 aromatic heterocycles. The lowest BCUT2D eigenvalue weighted by Crippen LogP contribution is -2.17. The van der Waals surface area contributed by atoms with Gasteiger partial charge in [-0.05, 0) is 99.3 Å². The molecule has 0 spiro atoms. The number of hydrogen-bond acceptors (Lipinski definition) is 1. The Hall–Kier alpha value is -3.76. The Bertz CT molecular complexity index is 1970. The lowest BCUT2D eigenvalue weighted by atomic mass is 9.82. The average Bonchev–Trinajstić information content (AvgIpc) is 3.27. The van der Waals surface area contributed by atoms with Gasteiger partial charge in [-0.25, -0.2) is 0 Å². The number of halogens is 2. The molecule has 0 radical (unpaired) electrons. The molecule has 0 atom stereocenters. The van der Waals surface area contributed by atoms with E-state index in [1.54, 1.807) is 0 Å². The second-order valence-corrected chi connectivity index (χ2v) is 14.4. The molecule has 0 saturated heterocycles. The quantitative estimate of drug-likeness (QED) is 0.193. The maximum absolute atomic E-state index is 10.6. The zero-order chi connectivity index (χ0) is 31.8. The van der Waals surface area contributed by atoms with Crippen LogP contribution in [0.15, 0.2) is 148 Å². The van der Waals surface area contributed by atoms with Crippen LogP contribution in [0.25, 0.3) is 44.5 Å². The van der Waals surface area contributed by atoms with E-state index in [1.165, 1.54) is 44.5 Å². The van der Waals surface area contributed by atoms with E-state index >= 15 is 0 Å². The van der Waals surface area contributed by atoms with Gasteiger partial charge in [0, 0.05) is 14.4 Å². The van der Waals surface area contributed by atoms with Gasteiger partial charge in [0.05, 0.1) is 5.60 Å². The van der Waals surface area contributed by atoms with Crippen LogP contribution in [0.3, 0.4) is 0 Å². The van der Waals surface area contributed by atoms with Crippen LogP contribution in [-0.2, 0) is 11.0 Å². The van der Waals surface area contributed by atoms with Crippen molar-refractivity contribution in [2.24, 2.45) is 0 Å². The van der Waals surface area contributed by atoms with E-state index in [9.17, 15) is 5.11 Å². The van der Waals surface area contributed by atoms with E-state index in [4.69, 9.17) is 0 Å². The molecule has 0 heterocycles. The molecule has 0 aliphatic heterocycles. The highest BCUT2D eigenvalue weighted by molar-refractivity contribution is 9.10. The van der Waals surface area contributed by atoms with E-state index in [2.05, 4.69) is 149 Å². The summed E-state index contributed by atoms with van der Waals surface area (Å²) in [5.41, 5.74) is 12.7. The SMILES string of the molecule is CC(C)(O)c1cc(Br)ccc1-c1ccccc1-c1ccccc1.CC1(C)c2cc(Br)ccc2-c2c(-c3ccccc3)cccc21. The molecule has 45 heavy (non-hydrogen) atoms. The summed E-state index contributed by atoms with van der Waals surface area (Å²) in [4.78, 5) is 0. The van der Waals surface area contributed by atoms with Crippen LogP contribution in [0, 0.1) is 0 Å². The molecule has 6 aromatic carbocycles. The monoisotopic (exact) mass is 714 g/mol. The molecule has 224 valence electrons. The maximum Gasteiger partial charge on any atom is 0.0846 e. The minimum Gasteiger partial charge on any atom is -0.386 e. The van der Waals surface area contributed by atoms with Crippen LogP contribution in [0.5, 0.6) is 0 Å².